The summed E-state index contributed by atoms with van der Waals surface area (Å²) in [5, 5.41) is 0.512. The van der Waals surface area contributed by atoms with Crippen LogP contribution in [0.3, 0.4) is 0 Å². The molecule has 10 nitrogen and oxygen atoms in total. The summed E-state index contributed by atoms with van der Waals surface area (Å²) in [5.74, 6) is -0.519. The molecule has 0 spiro atoms. The molecule has 1 fully saturated rings. The lowest BCUT2D eigenvalue weighted by Crippen LogP contribution is -2.16. The summed E-state index contributed by atoms with van der Waals surface area (Å²) in [6.45, 7) is 1.26. The summed E-state index contributed by atoms with van der Waals surface area (Å²) in [6, 6.07) is 6.12. The molecular formula is C22H20FN7O3S2. The number of rotatable bonds is 6. The van der Waals surface area contributed by atoms with Gasteiger partial charge in [0.1, 0.15) is 0 Å². The lowest BCUT2D eigenvalue weighted by Gasteiger charge is -2.19. The Kier molecular flexibility index (Phi) is 6.36. The minimum absolute atomic E-state index is 0.0837. The number of ether oxygens (including phenoxy) is 1. The number of halogens is 1. The fourth-order valence-corrected chi connectivity index (χ4v) is 5.90. The predicted molar refractivity (Wildman–Crippen MR) is 129 cm³/mol. The van der Waals surface area contributed by atoms with Gasteiger partial charge >= 0.3 is 0 Å². The molecule has 5 rings (SSSR count). The Morgan fingerprint density at radius 2 is 1.91 bits per heavy atom. The summed E-state index contributed by atoms with van der Waals surface area (Å²) in [6.07, 6.45) is 6.81. The Balaban J connectivity index is 1.59. The van der Waals surface area contributed by atoms with E-state index in [2.05, 4.69) is 24.7 Å². The van der Waals surface area contributed by atoms with Gasteiger partial charge in [-0.15, -0.1) is 11.3 Å². The standard InChI is InChI=1S/C22H20FN7O3S2/c23-18-14(2-1-3-15(18)30-35(31,32)17-12-25-8-9-26-17)19-20(16-4-7-27-22(24)28-16)34-21(29-19)13-5-10-33-11-6-13/h1-4,7-9,12-13,30H,5-6,10-11H2,(H2,24,27,28). The Bertz CT molecular complexity index is 1460. The lowest BCUT2D eigenvalue weighted by atomic mass is 10.0. The Morgan fingerprint density at radius 1 is 1.09 bits per heavy atom. The van der Waals surface area contributed by atoms with Gasteiger partial charge in [-0.2, -0.15) is 8.42 Å². The first kappa shape index (κ1) is 23.2. The van der Waals surface area contributed by atoms with E-state index in [1.807, 2.05) is 0 Å². The van der Waals surface area contributed by atoms with Crippen molar-refractivity contribution < 1.29 is 17.5 Å². The van der Waals surface area contributed by atoms with E-state index in [1.54, 1.807) is 18.2 Å². The number of aromatic nitrogens is 5. The maximum absolute atomic E-state index is 15.8. The molecule has 13 heteroatoms. The molecule has 0 saturated carbocycles. The molecule has 0 atom stereocenters. The van der Waals surface area contributed by atoms with Crippen LogP contribution >= 0.6 is 11.3 Å². The monoisotopic (exact) mass is 513 g/mol. The predicted octanol–water partition coefficient (Wildman–Crippen LogP) is 3.47. The molecule has 0 radical (unpaired) electrons. The molecule has 0 amide bonds. The zero-order valence-electron chi connectivity index (χ0n) is 18.3. The second-order valence-electron chi connectivity index (χ2n) is 7.73. The second-order valence-corrected chi connectivity index (χ2v) is 10.4. The van der Waals surface area contributed by atoms with Gasteiger partial charge < -0.3 is 10.5 Å². The van der Waals surface area contributed by atoms with Crippen LogP contribution in [-0.2, 0) is 14.8 Å². The van der Waals surface area contributed by atoms with Crippen molar-refractivity contribution in [2.24, 2.45) is 0 Å². The van der Waals surface area contributed by atoms with Gasteiger partial charge in [-0.1, -0.05) is 6.07 Å². The zero-order chi connectivity index (χ0) is 24.4. The molecule has 35 heavy (non-hydrogen) atoms. The number of benzene rings is 1. The molecule has 0 unspecified atom stereocenters. The lowest BCUT2D eigenvalue weighted by molar-refractivity contribution is 0.0853. The molecule has 0 bridgehead atoms. The van der Waals surface area contributed by atoms with Gasteiger partial charge in [0.15, 0.2) is 10.8 Å². The van der Waals surface area contributed by atoms with Crippen LogP contribution < -0.4 is 10.5 Å². The summed E-state index contributed by atoms with van der Waals surface area (Å²) in [4.78, 5) is 21.2. The van der Waals surface area contributed by atoms with Crippen LogP contribution in [0.4, 0.5) is 16.0 Å². The molecule has 0 aliphatic carbocycles. The Hall–Kier alpha value is -3.55. The van der Waals surface area contributed by atoms with Gasteiger partial charge in [0, 0.05) is 43.3 Å². The second kappa shape index (κ2) is 9.60. The molecular weight excluding hydrogens is 493 g/mol. The largest absolute Gasteiger partial charge is 0.381 e. The number of nitrogens with one attached hydrogen (secondary N) is 1. The normalized spacial score (nSPS) is 14.7. The maximum atomic E-state index is 15.8. The maximum Gasteiger partial charge on any atom is 0.281 e. The number of anilines is 2. The number of sulfonamides is 1. The number of hydrogen-bond acceptors (Lipinski definition) is 10. The molecule has 1 aliphatic heterocycles. The van der Waals surface area contributed by atoms with E-state index in [-0.39, 0.29) is 28.1 Å². The van der Waals surface area contributed by atoms with E-state index in [1.165, 1.54) is 36.0 Å². The molecule has 3 aromatic heterocycles. The first-order valence-corrected chi connectivity index (χ1v) is 13.0. The van der Waals surface area contributed by atoms with Crippen LogP contribution in [-0.4, -0.2) is 46.6 Å². The summed E-state index contributed by atoms with van der Waals surface area (Å²) in [7, 11) is -4.15. The molecule has 1 aliphatic rings. The van der Waals surface area contributed by atoms with Gasteiger partial charge in [0.2, 0.25) is 5.95 Å². The average molecular weight is 514 g/mol. The third kappa shape index (κ3) is 4.83. The Morgan fingerprint density at radius 3 is 2.66 bits per heavy atom. The van der Waals surface area contributed by atoms with Gasteiger partial charge in [0.05, 0.1) is 33.2 Å². The fourth-order valence-electron chi connectivity index (χ4n) is 3.73. The van der Waals surface area contributed by atoms with Gasteiger partial charge in [0.25, 0.3) is 10.0 Å². The van der Waals surface area contributed by atoms with E-state index in [9.17, 15) is 8.42 Å². The highest BCUT2D eigenvalue weighted by atomic mass is 32.2. The Labute approximate surface area is 204 Å². The van der Waals surface area contributed by atoms with E-state index >= 15 is 4.39 Å². The zero-order valence-corrected chi connectivity index (χ0v) is 19.9. The fraction of sp³-hybridized carbons (Fsp3) is 0.227. The number of nitrogens with two attached hydrogens (primary N) is 1. The summed E-state index contributed by atoms with van der Waals surface area (Å²) in [5.41, 5.74) is 6.55. The third-order valence-corrected chi connectivity index (χ3v) is 7.92. The quantitative estimate of drug-likeness (QED) is 0.396. The van der Waals surface area contributed by atoms with Gasteiger partial charge in [-0.3, -0.25) is 9.71 Å². The minimum Gasteiger partial charge on any atom is -0.381 e. The van der Waals surface area contributed by atoms with Gasteiger partial charge in [-0.05, 0) is 31.0 Å². The number of nitrogen functional groups attached to an aromatic ring is 1. The van der Waals surface area contributed by atoms with Crippen LogP contribution in [0, 0.1) is 5.82 Å². The van der Waals surface area contributed by atoms with Crippen LogP contribution in [0.25, 0.3) is 21.8 Å². The van der Waals surface area contributed by atoms with Crippen LogP contribution in [0.5, 0.6) is 0 Å². The highest BCUT2D eigenvalue weighted by Gasteiger charge is 2.26. The molecule has 4 aromatic rings. The van der Waals surface area contributed by atoms with Crippen molar-refractivity contribution in [3.05, 3.63) is 59.9 Å². The van der Waals surface area contributed by atoms with Gasteiger partial charge in [-0.25, -0.2) is 24.3 Å². The number of thiazole rings is 1. The van der Waals surface area contributed by atoms with E-state index < -0.39 is 15.8 Å². The smallest absolute Gasteiger partial charge is 0.281 e. The van der Waals surface area contributed by atoms with E-state index in [4.69, 9.17) is 15.5 Å². The topological polar surface area (TPSA) is 146 Å². The summed E-state index contributed by atoms with van der Waals surface area (Å²) < 4.78 is 48.9. The highest BCUT2D eigenvalue weighted by molar-refractivity contribution is 7.92. The molecule has 4 heterocycles. The molecule has 1 aromatic carbocycles. The summed E-state index contributed by atoms with van der Waals surface area (Å²) >= 11 is 1.41. The van der Waals surface area contributed by atoms with Crippen molar-refractivity contribution in [2.45, 2.75) is 23.8 Å². The van der Waals surface area contributed by atoms with Crippen molar-refractivity contribution >= 4 is 33.0 Å². The SMILES string of the molecule is Nc1nccc(-c2sc(C3CCOCC3)nc2-c2cccc(NS(=O)(=O)c3cnccn3)c2F)n1. The number of nitrogens with zero attached hydrogens (tertiary/aromatic N) is 5. The first-order valence-electron chi connectivity index (χ1n) is 10.7. The molecule has 3 N–H and O–H groups in total. The highest BCUT2D eigenvalue weighted by Crippen LogP contribution is 2.42. The van der Waals surface area contributed by atoms with Crippen molar-refractivity contribution in [3.8, 4) is 21.8 Å². The van der Waals surface area contributed by atoms with Crippen molar-refractivity contribution in [3.63, 3.8) is 0 Å². The third-order valence-electron chi connectivity index (χ3n) is 5.43. The average Bonchev–Trinajstić information content (AvgIpc) is 3.32. The van der Waals surface area contributed by atoms with Crippen LogP contribution in [0.15, 0.2) is 54.1 Å². The van der Waals surface area contributed by atoms with E-state index in [0.717, 1.165) is 24.0 Å². The van der Waals surface area contributed by atoms with Crippen molar-refractivity contribution in [2.75, 3.05) is 23.7 Å². The van der Waals surface area contributed by atoms with Crippen molar-refractivity contribution in [1.82, 2.24) is 24.9 Å². The minimum atomic E-state index is -4.15. The number of hydrogen-bond donors (Lipinski definition) is 2. The molecule has 1 saturated heterocycles. The van der Waals surface area contributed by atoms with Crippen LogP contribution in [0.1, 0.15) is 23.8 Å². The van der Waals surface area contributed by atoms with E-state index in [0.29, 0.717) is 29.5 Å². The first-order chi connectivity index (χ1) is 16.9. The van der Waals surface area contributed by atoms with Crippen LogP contribution in [0.2, 0.25) is 0 Å². The molecule has 180 valence electrons. The van der Waals surface area contributed by atoms with Crippen molar-refractivity contribution in [1.29, 1.82) is 0 Å².